The van der Waals surface area contributed by atoms with Gasteiger partial charge in [-0.05, 0) is 32.7 Å². The predicted octanol–water partition coefficient (Wildman–Crippen LogP) is 0.0828. The molecule has 2 saturated heterocycles. The van der Waals surface area contributed by atoms with E-state index in [2.05, 4.69) is 21.5 Å². The Labute approximate surface area is 254 Å². The molecule has 234 valence electrons. The molecule has 5 rings (SSSR count). The van der Waals surface area contributed by atoms with Crippen molar-refractivity contribution in [1.82, 2.24) is 21.5 Å². The van der Waals surface area contributed by atoms with Crippen LogP contribution in [-0.4, -0.2) is 98.8 Å². The minimum atomic E-state index is -0.604. The van der Waals surface area contributed by atoms with E-state index in [4.69, 9.17) is 21.2 Å². The Morgan fingerprint density at radius 1 is 0.705 bits per heavy atom. The number of imide groups is 2. The number of nitrogens with one attached hydrogen (secondary N) is 4. The van der Waals surface area contributed by atoms with E-state index in [-0.39, 0.29) is 26.3 Å². The van der Waals surface area contributed by atoms with Crippen molar-refractivity contribution in [1.29, 1.82) is 0 Å². The second-order valence-corrected chi connectivity index (χ2v) is 11.1. The van der Waals surface area contributed by atoms with Crippen LogP contribution in [0.15, 0.2) is 48.5 Å². The molecule has 0 spiro atoms. The third-order valence-electron chi connectivity index (χ3n) is 9.10. The van der Waals surface area contributed by atoms with E-state index in [9.17, 15) is 19.2 Å². The smallest absolute Gasteiger partial charge is 0.370 e. The highest BCUT2D eigenvalue weighted by atomic mass is 16.5. The number of methoxy groups -OCH3 is 2. The fraction of sp³-hybridized carbons (Fsp3) is 0.400. The van der Waals surface area contributed by atoms with Gasteiger partial charge in [0.15, 0.2) is 25.5 Å². The Morgan fingerprint density at radius 3 is 1.34 bits per heavy atom. The maximum absolute atomic E-state index is 13.4. The van der Waals surface area contributed by atoms with Crippen molar-refractivity contribution in [2.24, 2.45) is 11.7 Å². The molecule has 6 amide bonds. The highest BCUT2D eigenvalue weighted by Gasteiger charge is 2.55. The minimum absolute atomic E-state index is 0.232. The maximum Gasteiger partial charge on any atom is 0.439 e. The molecule has 2 fully saturated rings. The van der Waals surface area contributed by atoms with E-state index in [0.29, 0.717) is 25.9 Å². The lowest BCUT2D eigenvalue weighted by Gasteiger charge is -2.34. The van der Waals surface area contributed by atoms with Crippen LogP contribution in [0.25, 0.3) is 21.5 Å². The average molecular weight is 609 g/mol. The molecule has 3 aromatic carbocycles. The van der Waals surface area contributed by atoms with Gasteiger partial charge in [-0.2, -0.15) is 8.97 Å². The molecule has 2 aliphatic heterocycles. The third kappa shape index (κ3) is 5.04. The van der Waals surface area contributed by atoms with Gasteiger partial charge in [0, 0.05) is 27.1 Å². The Kier molecular flexibility index (Phi) is 9.34. The summed E-state index contributed by atoms with van der Waals surface area (Å²) in [6.45, 7) is 0.865. The third-order valence-corrected chi connectivity index (χ3v) is 9.10. The van der Waals surface area contributed by atoms with Crippen LogP contribution in [-0.2, 0) is 31.9 Å². The second kappa shape index (κ2) is 13.0. The van der Waals surface area contributed by atoms with Crippen molar-refractivity contribution in [3.8, 4) is 0 Å². The second-order valence-electron chi connectivity index (χ2n) is 11.1. The summed E-state index contributed by atoms with van der Waals surface area (Å²) in [5.74, 6) is 10.4. The number of hydrogen-bond donors (Lipinski definition) is 6. The first-order valence-electron chi connectivity index (χ1n) is 14.5. The monoisotopic (exact) mass is 608 g/mol. The molecular formula is C30H40N8O6+2. The van der Waals surface area contributed by atoms with Gasteiger partial charge in [-0.1, -0.05) is 48.5 Å². The molecule has 3 aromatic rings. The highest BCUT2D eigenvalue weighted by molar-refractivity contribution is 6.06. The number of hydrogen-bond acceptors (Lipinski definition) is 10. The SMILES string of the molecule is COCC(=O)[N+]1(C(=O)NN)CCNC1Cc1c2ccccc2c(CC2NCC[N+]2(C(=O)COC)C(=O)NN)c2ccccc12. The lowest BCUT2D eigenvalue weighted by Crippen LogP contribution is -2.67. The van der Waals surface area contributed by atoms with E-state index in [0.717, 1.165) is 32.7 Å². The maximum atomic E-state index is 13.4. The van der Waals surface area contributed by atoms with Crippen molar-refractivity contribution in [3.63, 3.8) is 0 Å². The van der Waals surface area contributed by atoms with Crippen LogP contribution in [0.5, 0.6) is 0 Å². The zero-order valence-electron chi connectivity index (χ0n) is 24.9. The number of quaternary nitrogens is 2. The molecule has 2 heterocycles. The molecular weight excluding hydrogens is 568 g/mol. The van der Waals surface area contributed by atoms with Crippen molar-refractivity contribution in [2.75, 3.05) is 53.6 Å². The van der Waals surface area contributed by atoms with Crippen LogP contribution in [0, 0.1) is 0 Å². The number of nitrogens with two attached hydrogens (primary N) is 2. The van der Waals surface area contributed by atoms with Crippen LogP contribution in [0.4, 0.5) is 9.59 Å². The van der Waals surface area contributed by atoms with Gasteiger partial charge in [0.2, 0.25) is 0 Å². The van der Waals surface area contributed by atoms with E-state index >= 15 is 0 Å². The van der Waals surface area contributed by atoms with Crippen molar-refractivity contribution < 1.29 is 37.6 Å². The lowest BCUT2D eigenvalue weighted by molar-refractivity contribution is -0.789. The summed E-state index contributed by atoms with van der Waals surface area (Å²) in [5.41, 5.74) is 6.30. The number of fused-ring (bicyclic) bond motifs is 2. The zero-order valence-corrected chi connectivity index (χ0v) is 24.9. The summed E-state index contributed by atoms with van der Waals surface area (Å²) in [6.07, 6.45) is -0.513. The van der Waals surface area contributed by atoms with Gasteiger partial charge in [-0.15, -0.1) is 0 Å². The van der Waals surface area contributed by atoms with Gasteiger partial charge in [0.25, 0.3) is 0 Å². The Morgan fingerprint density at radius 2 is 1.05 bits per heavy atom. The normalized spacial score (nSPS) is 24.9. The fourth-order valence-electron chi connectivity index (χ4n) is 7.05. The van der Waals surface area contributed by atoms with Crippen LogP contribution in [0.3, 0.4) is 0 Å². The molecule has 0 radical (unpaired) electrons. The summed E-state index contributed by atoms with van der Waals surface area (Å²) in [4.78, 5) is 53.2. The molecule has 4 unspecified atom stereocenters. The summed E-state index contributed by atoms with van der Waals surface area (Å²) < 4.78 is 9.21. The number of ether oxygens (including phenoxy) is 2. The Hall–Kier alpha value is -3.86. The van der Waals surface area contributed by atoms with Gasteiger partial charge in [-0.25, -0.2) is 41.7 Å². The van der Waals surface area contributed by atoms with Gasteiger partial charge in [0.1, 0.15) is 13.1 Å². The summed E-state index contributed by atoms with van der Waals surface area (Å²) in [7, 11) is 2.83. The number of amides is 6. The van der Waals surface area contributed by atoms with Gasteiger partial charge >= 0.3 is 23.9 Å². The summed E-state index contributed by atoms with van der Waals surface area (Å²) >= 11 is 0. The number of nitrogens with zero attached hydrogens (tertiary/aromatic N) is 2. The number of urea groups is 2. The minimum Gasteiger partial charge on any atom is -0.370 e. The quantitative estimate of drug-likeness (QED) is 0.0673. The standard InChI is InChI=1S/C30H38N8O6/c1-43-17-27(39)37(29(41)35-31)13-11-33-25(37)15-23-19-7-3-5-9-21(19)24(22-10-6-4-8-20(22)23)16-26-34-12-14-38(26,30(42)36-32)28(40)18-44-2/h3-10,25-26,33-34H,11-18,31-32H2,1-2H3/p+2. The van der Waals surface area contributed by atoms with Crippen molar-refractivity contribution in [2.45, 2.75) is 25.2 Å². The molecule has 0 aliphatic carbocycles. The first-order chi connectivity index (χ1) is 21.3. The number of hydrazine groups is 2. The molecule has 2 aliphatic rings. The van der Waals surface area contributed by atoms with Crippen LogP contribution >= 0.6 is 0 Å². The fourth-order valence-corrected chi connectivity index (χ4v) is 7.05. The van der Waals surface area contributed by atoms with Gasteiger partial charge < -0.3 is 9.47 Å². The largest absolute Gasteiger partial charge is 0.439 e. The number of benzene rings is 3. The summed E-state index contributed by atoms with van der Waals surface area (Å²) in [5, 5.41) is 10.5. The molecule has 0 aromatic heterocycles. The molecule has 0 saturated carbocycles. The molecule has 44 heavy (non-hydrogen) atoms. The molecule has 14 nitrogen and oxygen atoms in total. The number of carbonyl (C=O) groups is 4. The lowest BCUT2D eigenvalue weighted by atomic mass is 9.87. The van der Waals surface area contributed by atoms with Gasteiger partial charge in [0.05, 0.1) is 13.1 Å². The van der Waals surface area contributed by atoms with Crippen LogP contribution < -0.4 is 33.2 Å². The first kappa shape index (κ1) is 31.6. The average Bonchev–Trinajstić information content (AvgIpc) is 3.67. The van der Waals surface area contributed by atoms with E-state index in [1.165, 1.54) is 14.2 Å². The zero-order chi connectivity index (χ0) is 31.5. The Balaban J connectivity index is 1.65. The van der Waals surface area contributed by atoms with Crippen molar-refractivity contribution in [3.05, 3.63) is 59.7 Å². The predicted molar refractivity (Wildman–Crippen MR) is 162 cm³/mol. The molecule has 14 heteroatoms. The highest BCUT2D eigenvalue weighted by Crippen LogP contribution is 2.37. The topological polar surface area (TPSA) is 187 Å². The van der Waals surface area contributed by atoms with Crippen LogP contribution in [0.2, 0.25) is 0 Å². The van der Waals surface area contributed by atoms with Crippen LogP contribution in [0.1, 0.15) is 11.1 Å². The number of carbonyl (C=O) groups excluding carboxylic acids is 4. The number of rotatable bonds is 8. The first-order valence-corrected chi connectivity index (χ1v) is 14.5. The van der Waals surface area contributed by atoms with Gasteiger partial charge in [-0.3, -0.25) is 10.6 Å². The Bertz CT molecular complexity index is 1430. The van der Waals surface area contributed by atoms with E-state index in [1.54, 1.807) is 0 Å². The molecule has 4 atom stereocenters. The summed E-state index contributed by atoms with van der Waals surface area (Å²) in [6, 6.07) is 14.6. The molecule has 0 bridgehead atoms. The molecule has 8 N–H and O–H groups in total. The van der Waals surface area contributed by atoms with Crippen molar-refractivity contribution >= 4 is 45.4 Å². The van der Waals surface area contributed by atoms with E-state index < -0.39 is 45.2 Å². The van der Waals surface area contributed by atoms with E-state index in [1.807, 2.05) is 48.5 Å².